The van der Waals surface area contributed by atoms with Crippen molar-refractivity contribution in [1.82, 2.24) is 10.6 Å². The van der Waals surface area contributed by atoms with E-state index in [9.17, 15) is 24.0 Å². The van der Waals surface area contributed by atoms with Gasteiger partial charge in [-0.25, -0.2) is 18.4 Å². The molecule has 2 aliphatic heterocycles. The molecule has 5 amide bonds. The number of rotatable bonds is 9. The van der Waals surface area contributed by atoms with Crippen LogP contribution in [0.2, 0.25) is 0 Å². The summed E-state index contributed by atoms with van der Waals surface area (Å²) < 4.78 is 41.2. The molecular weight excluding hydrogens is 546 g/mol. The Balaban J connectivity index is 1.62. The van der Waals surface area contributed by atoms with Crippen molar-refractivity contribution < 1.29 is 42.2 Å². The normalized spacial score (nSPS) is 18.2. The third kappa shape index (κ3) is 6.69. The Kier molecular flexibility index (Phi) is 8.66. The highest BCUT2D eigenvalue weighted by Gasteiger charge is 2.35. The van der Waals surface area contributed by atoms with Crippen LogP contribution >= 0.6 is 0 Å². The van der Waals surface area contributed by atoms with Gasteiger partial charge in [0.15, 0.2) is 0 Å². The first-order valence-electron chi connectivity index (χ1n) is 12.5. The molecule has 2 fully saturated rings. The monoisotopic (exact) mass is 574 g/mol. The molecule has 218 valence electrons. The highest BCUT2D eigenvalue weighted by Crippen LogP contribution is 2.38. The third-order valence-corrected chi connectivity index (χ3v) is 6.30. The molecule has 0 unspecified atom stereocenters. The lowest BCUT2D eigenvalue weighted by Gasteiger charge is -2.20. The zero-order valence-electron chi connectivity index (χ0n) is 22.2. The van der Waals surface area contributed by atoms with Crippen LogP contribution in [0.3, 0.4) is 0 Å². The van der Waals surface area contributed by atoms with E-state index < -0.39 is 48.5 Å². The van der Waals surface area contributed by atoms with Gasteiger partial charge in [0.25, 0.3) is 0 Å². The van der Waals surface area contributed by atoms with Gasteiger partial charge in [-0.05, 0) is 24.3 Å². The Morgan fingerprint density at radius 3 is 2.00 bits per heavy atom. The Bertz CT molecular complexity index is 1400. The lowest BCUT2D eigenvalue weighted by atomic mass is 10.0. The van der Waals surface area contributed by atoms with Gasteiger partial charge in [-0.2, -0.15) is 0 Å². The second-order valence-corrected chi connectivity index (χ2v) is 9.37. The summed E-state index contributed by atoms with van der Waals surface area (Å²) in [5.41, 5.74) is 5.08. The minimum atomic E-state index is -0.911. The van der Waals surface area contributed by atoms with E-state index in [2.05, 4.69) is 16.0 Å². The maximum atomic E-state index is 15.5. The van der Waals surface area contributed by atoms with Gasteiger partial charge >= 0.3 is 12.2 Å². The molecule has 15 heteroatoms. The Morgan fingerprint density at radius 2 is 1.44 bits per heavy atom. The molecule has 2 atom stereocenters. The van der Waals surface area contributed by atoms with Crippen LogP contribution in [0, 0.1) is 11.6 Å². The fraction of sp³-hybridized carbons (Fsp3) is 0.346. The minimum absolute atomic E-state index is 0.0265. The molecule has 4 rings (SSSR count). The van der Waals surface area contributed by atoms with Crippen molar-refractivity contribution in [2.75, 3.05) is 47.8 Å². The SMILES string of the molecule is CC(=O)NC[C@H]1CN(c2ccc(-c3cc(NC(=O)CN)c(N4C[C@H](CNC(C)=O)OC4=O)cc3F)c(F)c2)C(=O)O1. The van der Waals surface area contributed by atoms with Gasteiger partial charge in [-0.15, -0.1) is 0 Å². The quantitative estimate of drug-likeness (QED) is 0.348. The van der Waals surface area contributed by atoms with Crippen LogP contribution in [0.1, 0.15) is 13.8 Å². The molecule has 0 spiro atoms. The van der Waals surface area contributed by atoms with Gasteiger partial charge in [-0.1, -0.05) is 0 Å². The third-order valence-electron chi connectivity index (χ3n) is 6.30. The maximum Gasteiger partial charge on any atom is 0.414 e. The molecule has 0 bridgehead atoms. The summed E-state index contributed by atoms with van der Waals surface area (Å²) in [5, 5.41) is 7.57. The average molecular weight is 575 g/mol. The van der Waals surface area contributed by atoms with Gasteiger partial charge in [0.05, 0.1) is 49.8 Å². The summed E-state index contributed by atoms with van der Waals surface area (Å²) in [5.74, 6) is -3.06. The topological polar surface area (TPSA) is 172 Å². The number of halogens is 2. The molecule has 2 heterocycles. The number of anilines is 3. The van der Waals surface area contributed by atoms with E-state index in [1.807, 2.05) is 0 Å². The first kappa shape index (κ1) is 29.2. The summed E-state index contributed by atoms with van der Waals surface area (Å²) in [7, 11) is 0. The number of hydrogen-bond donors (Lipinski definition) is 4. The molecule has 13 nitrogen and oxygen atoms in total. The van der Waals surface area contributed by atoms with Crippen LogP contribution < -0.4 is 31.5 Å². The van der Waals surface area contributed by atoms with Gasteiger partial charge in [0.1, 0.15) is 23.8 Å². The molecule has 0 saturated carbocycles. The molecule has 0 aliphatic carbocycles. The fourth-order valence-electron chi connectivity index (χ4n) is 4.36. The molecule has 41 heavy (non-hydrogen) atoms. The number of benzene rings is 2. The van der Waals surface area contributed by atoms with E-state index in [0.29, 0.717) is 0 Å². The van der Waals surface area contributed by atoms with Crippen molar-refractivity contribution in [2.45, 2.75) is 26.1 Å². The van der Waals surface area contributed by atoms with Crippen LogP contribution in [-0.2, 0) is 23.9 Å². The summed E-state index contributed by atoms with van der Waals surface area (Å²) in [6.45, 7) is 2.33. The summed E-state index contributed by atoms with van der Waals surface area (Å²) in [4.78, 5) is 61.6. The predicted molar refractivity (Wildman–Crippen MR) is 142 cm³/mol. The van der Waals surface area contributed by atoms with Crippen molar-refractivity contribution in [2.24, 2.45) is 5.73 Å². The van der Waals surface area contributed by atoms with E-state index >= 15 is 8.78 Å². The summed E-state index contributed by atoms with van der Waals surface area (Å²) >= 11 is 0. The van der Waals surface area contributed by atoms with Crippen LogP contribution in [0.15, 0.2) is 30.3 Å². The standard InChI is InChI=1S/C26H28F2N6O7/c1-13(35)30-9-16-11-33(25(38)40-16)15-3-4-18(20(27)5-15)19-6-22(32-24(37)8-29)23(7-21(19)28)34-12-17(41-26(34)39)10-31-14(2)36/h3-7,16-17H,8-12,29H2,1-2H3,(H,30,35)(H,31,36)(H,32,37)/t16-,17-/m0/s1. The number of cyclic esters (lactones) is 2. The van der Waals surface area contributed by atoms with Crippen LogP contribution in [-0.4, -0.2) is 74.8 Å². The van der Waals surface area contributed by atoms with E-state index in [0.717, 1.165) is 23.1 Å². The van der Waals surface area contributed by atoms with E-state index in [-0.39, 0.29) is 66.2 Å². The molecule has 2 aromatic carbocycles. The molecule has 5 N–H and O–H groups in total. The average Bonchev–Trinajstić information content (AvgIpc) is 3.48. The second-order valence-electron chi connectivity index (χ2n) is 9.37. The van der Waals surface area contributed by atoms with Crippen molar-refractivity contribution in [3.05, 3.63) is 42.0 Å². The lowest BCUT2D eigenvalue weighted by Crippen LogP contribution is -2.33. The highest BCUT2D eigenvalue weighted by molar-refractivity contribution is 6.01. The number of amides is 5. The van der Waals surface area contributed by atoms with E-state index in [4.69, 9.17) is 15.2 Å². The van der Waals surface area contributed by atoms with Gasteiger partial charge in [0, 0.05) is 31.0 Å². The zero-order chi connectivity index (χ0) is 29.8. The number of carbonyl (C=O) groups excluding carboxylic acids is 5. The van der Waals surface area contributed by atoms with Crippen LogP contribution in [0.4, 0.5) is 35.4 Å². The Hall–Kier alpha value is -4.79. The molecular formula is C26H28F2N6O7. The van der Waals surface area contributed by atoms with Crippen molar-refractivity contribution in [1.29, 1.82) is 0 Å². The Morgan fingerprint density at radius 1 is 0.878 bits per heavy atom. The van der Waals surface area contributed by atoms with E-state index in [1.54, 1.807) is 0 Å². The smallest absolute Gasteiger partial charge is 0.414 e. The maximum absolute atomic E-state index is 15.5. The lowest BCUT2D eigenvalue weighted by molar-refractivity contribution is -0.120. The van der Waals surface area contributed by atoms with Crippen molar-refractivity contribution in [3.8, 4) is 11.1 Å². The first-order valence-corrected chi connectivity index (χ1v) is 12.5. The zero-order valence-corrected chi connectivity index (χ0v) is 22.2. The van der Waals surface area contributed by atoms with Crippen molar-refractivity contribution in [3.63, 3.8) is 0 Å². The second kappa shape index (κ2) is 12.2. The number of nitrogens with one attached hydrogen (secondary N) is 3. The van der Waals surface area contributed by atoms with E-state index in [1.165, 1.54) is 30.9 Å². The van der Waals surface area contributed by atoms with Gasteiger partial charge < -0.3 is 31.2 Å². The largest absolute Gasteiger partial charge is 0.442 e. The molecule has 0 radical (unpaired) electrons. The van der Waals surface area contributed by atoms with Crippen molar-refractivity contribution >= 4 is 47.0 Å². The highest BCUT2D eigenvalue weighted by atomic mass is 19.1. The number of nitrogens with two attached hydrogens (primary N) is 1. The number of carbonyl (C=O) groups is 5. The molecule has 0 aromatic heterocycles. The number of nitrogens with zero attached hydrogens (tertiary/aromatic N) is 2. The summed E-state index contributed by atoms with van der Waals surface area (Å²) in [6, 6.07) is 5.82. The summed E-state index contributed by atoms with van der Waals surface area (Å²) in [6.07, 6.45) is -2.93. The number of ether oxygens (including phenoxy) is 2. The molecule has 2 aliphatic rings. The first-order chi connectivity index (χ1) is 19.5. The van der Waals surface area contributed by atoms with Gasteiger partial charge in [-0.3, -0.25) is 24.2 Å². The predicted octanol–water partition coefficient (Wildman–Crippen LogP) is 1.45. The Labute approximate surface area is 232 Å². The number of hydrogen-bond acceptors (Lipinski definition) is 8. The molecule has 2 saturated heterocycles. The van der Waals surface area contributed by atoms with Crippen LogP contribution in [0.25, 0.3) is 11.1 Å². The molecule has 2 aromatic rings. The fourth-order valence-corrected chi connectivity index (χ4v) is 4.36. The minimum Gasteiger partial charge on any atom is -0.442 e. The van der Waals surface area contributed by atoms with Gasteiger partial charge in [0.2, 0.25) is 17.7 Å². The van der Waals surface area contributed by atoms with Crippen LogP contribution in [0.5, 0.6) is 0 Å².